The lowest BCUT2D eigenvalue weighted by Crippen LogP contribution is -2.20. The number of carbonyl (C=O) groups excluding carboxylic acids is 1. The predicted molar refractivity (Wildman–Crippen MR) is 124 cm³/mol. The van der Waals surface area contributed by atoms with Crippen LogP contribution >= 0.6 is 11.8 Å². The number of nitrogens with zero attached hydrogens (tertiary/aromatic N) is 6. The quantitative estimate of drug-likeness (QED) is 0.185. The molecule has 2 aromatic carbocycles. The molecular formula is C22H17N7O3S. The van der Waals surface area contributed by atoms with Crippen LogP contribution in [-0.2, 0) is 4.79 Å². The number of nitro groups is 1. The van der Waals surface area contributed by atoms with Crippen LogP contribution in [0.2, 0.25) is 0 Å². The summed E-state index contributed by atoms with van der Waals surface area (Å²) >= 11 is 1.20. The zero-order chi connectivity index (χ0) is 23.0. The van der Waals surface area contributed by atoms with Crippen LogP contribution in [0.1, 0.15) is 5.56 Å². The predicted octanol–water partition coefficient (Wildman–Crippen LogP) is 3.48. The van der Waals surface area contributed by atoms with Crippen LogP contribution in [0.3, 0.4) is 0 Å². The summed E-state index contributed by atoms with van der Waals surface area (Å²) in [6.07, 6.45) is 4.60. The summed E-state index contributed by atoms with van der Waals surface area (Å²) in [5, 5.41) is 24.0. The zero-order valence-electron chi connectivity index (χ0n) is 17.1. The number of nitrogens with one attached hydrogen (secondary N) is 1. The van der Waals surface area contributed by atoms with Gasteiger partial charge in [0.25, 0.3) is 11.6 Å². The molecule has 0 spiro atoms. The van der Waals surface area contributed by atoms with Crippen LogP contribution in [0.15, 0.2) is 89.4 Å². The second-order valence-corrected chi connectivity index (χ2v) is 7.55. The maximum atomic E-state index is 12.3. The molecule has 0 fully saturated rings. The summed E-state index contributed by atoms with van der Waals surface area (Å²) in [7, 11) is 0. The van der Waals surface area contributed by atoms with Crippen LogP contribution < -0.4 is 5.43 Å². The van der Waals surface area contributed by atoms with E-state index < -0.39 is 4.92 Å². The zero-order valence-corrected chi connectivity index (χ0v) is 17.9. The lowest BCUT2D eigenvalue weighted by molar-refractivity contribution is -0.385. The lowest BCUT2D eigenvalue weighted by atomic mass is 10.2. The van der Waals surface area contributed by atoms with Gasteiger partial charge in [0.1, 0.15) is 0 Å². The van der Waals surface area contributed by atoms with Crippen molar-refractivity contribution in [2.75, 3.05) is 5.75 Å². The average molecular weight is 459 g/mol. The van der Waals surface area contributed by atoms with Gasteiger partial charge in [-0.3, -0.25) is 24.5 Å². The molecule has 0 bridgehead atoms. The summed E-state index contributed by atoms with van der Waals surface area (Å²) in [5.41, 5.74) is 4.28. The molecule has 1 N–H and O–H groups in total. The SMILES string of the molecule is O=C(CSc1nnc(-c2ccncc2)n1-c1ccccc1)N/N=C/c1ccccc1[N+](=O)[O-]. The lowest BCUT2D eigenvalue weighted by Gasteiger charge is -2.10. The molecule has 1 amide bonds. The third kappa shape index (κ3) is 5.28. The van der Waals surface area contributed by atoms with E-state index in [2.05, 4.69) is 25.7 Å². The standard InChI is InChI=1S/C22H17N7O3S/c30-20(25-24-14-17-6-4-5-9-19(17)29(31)32)15-33-22-27-26-21(16-10-12-23-13-11-16)28(22)18-7-2-1-3-8-18/h1-14H,15H2,(H,25,30)/b24-14+. The monoisotopic (exact) mass is 459 g/mol. The number of benzene rings is 2. The van der Waals surface area contributed by atoms with Gasteiger partial charge in [0.05, 0.1) is 22.5 Å². The first-order chi connectivity index (χ1) is 16.1. The number of rotatable bonds is 8. The van der Waals surface area contributed by atoms with Crippen molar-refractivity contribution < 1.29 is 9.72 Å². The Balaban J connectivity index is 1.48. The van der Waals surface area contributed by atoms with Crippen molar-refractivity contribution in [3.05, 3.63) is 94.8 Å². The minimum atomic E-state index is -0.504. The Morgan fingerprint density at radius 1 is 1.06 bits per heavy atom. The number of thioether (sulfide) groups is 1. The first-order valence-electron chi connectivity index (χ1n) is 9.73. The van der Waals surface area contributed by atoms with Crippen molar-refractivity contribution in [3.8, 4) is 17.1 Å². The van der Waals surface area contributed by atoms with Gasteiger partial charge in [0.2, 0.25) is 0 Å². The van der Waals surface area contributed by atoms with E-state index in [9.17, 15) is 14.9 Å². The fourth-order valence-electron chi connectivity index (χ4n) is 2.96. The minimum absolute atomic E-state index is 0.0233. The third-order valence-corrected chi connectivity index (χ3v) is 5.37. The van der Waals surface area contributed by atoms with Gasteiger partial charge in [0.15, 0.2) is 11.0 Å². The van der Waals surface area contributed by atoms with Gasteiger partial charge in [0, 0.05) is 29.7 Å². The van der Waals surface area contributed by atoms with Gasteiger partial charge in [-0.1, -0.05) is 42.1 Å². The second kappa shape index (κ2) is 10.3. The van der Waals surface area contributed by atoms with E-state index >= 15 is 0 Å². The van der Waals surface area contributed by atoms with Crippen molar-refractivity contribution >= 4 is 29.6 Å². The second-order valence-electron chi connectivity index (χ2n) is 6.61. The molecule has 0 atom stereocenters. The Bertz CT molecular complexity index is 1290. The first kappa shape index (κ1) is 21.8. The summed E-state index contributed by atoms with van der Waals surface area (Å²) < 4.78 is 1.86. The highest BCUT2D eigenvalue weighted by molar-refractivity contribution is 7.99. The molecule has 0 radical (unpaired) electrons. The summed E-state index contributed by atoms with van der Waals surface area (Å²) in [6.45, 7) is 0. The van der Waals surface area contributed by atoms with E-state index in [1.54, 1.807) is 30.6 Å². The van der Waals surface area contributed by atoms with E-state index in [4.69, 9.17) is 0 Å². The summed E-state index contributed by atoms with van der Waals surface area (Å²) in [4.78, 5) is 26.9. The number of hydrazone groups is 1. The van der Waals surface area contributed by atoms with Gasteiger partial charge in [-0.2, -0.15) is 5.10 Å². The maximum Gasteiger partial charge on any atom is 0.278 e. The molecule has 4 rings (SSSR count). The summed E-state index contributed by atoms with van der Waals surface area (Å²) in [6, 6.07) is 19.4. The number of hydrogen-bond acceptors (Lipinski definition) is 8. The fourth-order valence-corrected chi connectivity index (χ4v) is 3.70. The summed E-state index contributed by atoms with van der Waals surface area (Å²) in [5.74, 6) is 0.263. The van der Waals surface area contributed by atoms with Crippen LogP contribution in [0.25, 0.3) is 17.1 Å². The largest absolute Gasteiger partial charge is 0.278 e. The average Bonchev–Trinajstić information content (AvgIpc) is 3.28. The molecule has 0 aliphatic rings. The number of pyridine rings is 1. The highest BCUT2D eigenvalue weighted by atomic mass is 32.2. The van der Waals surface area contributed by atoms with Gasteiger partial charge in [-0.05, 0) is 30.3 Å². The highest BCUT2D eigenvalue weighted by Gasteiger charge is 2.17. The number of carbonyl (C=O) groups is 1. The van der Waals surface area contributed by atoms with Gasteiger partial charge in [-0.25, -0.2) is 5.43 Å². The fraction of sp³-hybridized carbons (Fsp3) is 0.0455. The molecular weight excluding hydrogens is 442 g/mol. The molecule has 0 aliphatic heterocycles. The molecule has 0 unspecified atom stereocenters. The Morgan fingerprint density at radius 3 is 2.55 bits per heavy atom. The van der Waals surface area contributed by atoms with Crippen LogP contribution in [0.4, 0.5) is 5.69 Å². The van der Waals surface area contributed by atoms with Crippen LogP contribution in [0.5, 0.6) is 0 Å². The molecule has 33 heavy (non-hydrogen) atoms. The van der Waals surface area contributed by atoms with Crippen molar-refractivity contribution in [1.29, 1.82) is 0 Å². The van der Waals surface area contributed by atoms with Crippen molar-refractivity contribution in [2.45, 2.75) is 5.16 Å². The number of nitro benzene ring substituents is 1. The molecule has 0 saturated carbocycles. The smallest absolute Gasteiger partial charge is 0.272 e. The first-order valence-corrected chi connectivity index (χ1v) is 10.7. The molecule has 2 aromatic heterocycles. The van der Waals surface area contributed by atoms with E-state index in [0.29, 0.717) is 16.5 Å². The third-order valence-electron chi connectivity index (χ3n) is 4.44. The van der Waals surface area contributed by atoms with Gasteiger partial charge in [-0.15, -0.1) is 10.2 Å². The van der Waals surface area contributed by atoms with Crippen molar-refractivity contribution in [3.63, 3.8) is 0 Å². The number of para-hydroxylation sites is 2. The highest BCUT2D eigenvalue weighted by Crippen LogP contribution is 2.27. The van der Waals surface area contributed by atoms with Crippen LogP contribution in [0, 0.1) is 10.1 Å². The van der Waals surface area contributed by atoms with Crippen molar-refractivity contribution in [2.24, 2.45) is 5.10 Å². The molecule has 2 heterocycles. The Labute approximate surface area is 192 Å². The van der Waals surface area contributed by atoms with Gasteiger partial charge >= 0.3 is 0 Å². The van der Waals surface area contributed by atoms with Crippen molar-refractivity contribution in [1.82, 2.24) is 25.2 Å². The molecule has 4 aromatic rings. The Morgan fingerprint density at radius 2 is 1.79 bits per heavy atom. The minimum Gasteiger partial charge on any atom is -0.272 e. The van der Waals surface area contributed by atoms with E-state index in [-0.39, 0.29) is 17.3 Å². The molecule has 0 saturated heterocycles. The molecule has 164 valence electrons. The normalized spacial score (nSPS) is 10.9. The number of amides is 1. The number of aromatic nitrogens is 4. The van der Waals surface area contributed by atoms with E-state index in [0.717, 1.165) is 11.3 Å². The van der Waals surface area contributed by atoms with E-state index in [1.165, 1.54) is 24.0 Å². The number of hydrogen-bond donors (Lipinski definition) is 1. The molecule has 11 heteroatoms. The Hall–Kier alpha value is -4.38. The topological polar surface area (TPSA) is 128 Å². The van der Waals surface area contributed by atoms with Crippen LogP contribution in [-0.4, -0.2) is 42.5 Å². The molecule has 0 aliphatic carbocycles. The van der Waals surface area contributed by atoms with Gasteiger partial charge < -0.3 is 0 Å². The maximum absolute atomic E-state index is 12.3. The Kier molecular flexibility index (Phi) is 6.81. The van der Waals surface area contributed by atoms with E-state index in [1.807, 2.05) is 47.0 Å². The molecule has 10 nitrogen and oxygen atoms in total.